The van der Waals surface area contributed by atoms with Crippen molar-refractivity contribution in [2.24, 2.45) is 0 Å². The molecule has 1 aliphatic heterocycles. The molecule has 8 nitrogen and oxygen atoms in total. The van der Waals surface area contributed by atoms with E-state index in [1.807, 2.05) is 75.7 Å². The summed E-state index contributed by atoms with van der Waals surface area (Å²) in [6.07, 6.45) is 2.23. The lowest BCUT2D eigenvalue weighted by molar-refractivity contribution is -0.122. The molecule has 0 saturated carbocycles. The maximum absolute atomic E-state index is 13.1. The monoisotopic (exact) mass is 490 g/mol. The Hall–Kier alpha value is -3.46. The number of aliphatic hydroxyl groups excluding tert-OH is 1. The topological polar surface area (TPSA) is 87.0 Å². The van der Waals surface area contributed by atoms with Crippen LogP contribution in [0.3, 0.4) is 0 Å². The van der Waals surface area contributed by atoms with Crippen molar-refractivity contribution in [2.75, 3.05) is 47.9 Å². The van der Waals surface area contributed by atoms with Gasteiger partial charge >= 0.3 is 0 Å². The number of para-hydroxylation sites is 2. The molecule has 0 radical (unpaired) electrons. The quantitative estimate of drug-likeness (QED) is 0.402. The van der Waals surface area contributed by atoms with Gasteiger partial charge < -0.3 is 24.2 Å². The number of fused-ring (bicyclic) bond motifs is 1. The fourth-order valence-electron chi connectivity index (χ4n) is 4.62. The van der Waals surface area contributed by atoms with Crippen molar-refractivity contribution < 1.29 is 19.4 Å². The molecule has 0 aliphatic carbocycles. The van der Waals surface area contributed by atoms with E-state index in [2.05, 4.69) is 14.8 Å². The fraction of sp³-hybridized carbons (Fsp3) is 0.357. The Morgan fingerprint density at radius 1 is 0.917 bits per heavy atom. The van der Waals surface area contributed by atoms with Gasteiger partial charge in [-0.1, -0.05) is 36.4 Å². The first-order valence-corrected chi connectivity index (χ1v) is 12.1. The summed E-state index contributed by atoms with van der Waals surface area (Å²) in [5.74, 6) is -0.430. The highest BCUT2D eigenvalue weighted by molar-refractivity contribution is 6.50. The zero-order chi connectivity index (χ0) is 25.8. The van der Waals surface area contributed by atoms with Gasteiger partial charge in [-0.25, -0.2) is 0 Å². The zero-order valence-electron chi connectivity index (χ0n) is 21.3. The van der Waals surface area contributed by atoms with E-state index >= 15 is 0 Å². The predicted molar refractivity (Wildman–Crippen MR) is 142 cm³/mol. The van der Waals surface area contributed by atoms with Crippen LogP contribution in [-0.4, -0.2) is 85.3 Å². The minimum absolute atomic E-state index is 0.0680. The summed E-state index contributed by atoms with van der Waals surface area (Å²) < 4.78 is 8.08. The first kappa shape index (κ1) is 25.6. The number of amides is 2. The number of carbonyl (C=O) groups is 2. The second-order valence-corrected chi connectivity index (χ2v) is 9.67. The highest BCUT2D eigenvalue weighted by Gasteiger charge is 2.35. The third-order valence-electron chi connectivity index (χ3n) is 6.16. The van der Waals surface area contributed by atoms with Gasteiger partial charge in [0, 0.05) is 41.3 Å². The summed E-state index contributed by atoms with van der Waals surface area (Å²) in [5.41, 5.74) is 2.89. The number of aliphatic hydroxyl groups is 1. The number of aromatic nitrogens is 1. The number of carbonyl (C=O) groups excluding carboxylic acids is 2. The van der Waals surface area contributed by atoms with Gasteiger partial charge in [0.25, 0.3) is 11.8 Å². The summed E-state index contributed by atoms with van der Waals surface area (Å²) in [6, 6.07) is 15.1. The van der Waals surface area contributed by atoms with Crippen molar-refractivity contribution in [3.8, 4) is 5.75 Å². The van der Waals surface area contributed by atoms with E-state index in [-0.39, 0.29) is 12.2 Å². The number of ether oxygens (including phenoxy) is 1. The maximum atomic E-state index is 13.1. The molecule has 0 spiro atoms. The SMILES string of the molecule is CN(C)CCCn1cc(C2=C(c3ccccc3OCC(O)CN(C)C)C(=O)NC2=O)c2ccccc21. The van der Waals surface area contributed by atoms with Crippen LogP contribution >= 0.6 is 0 Å². The maximum Gasteiger partial charge on any atom is 0.259 e. The van der Waals surface area contributed by atoms with Crippen molar-refractivity contribution in [2.45, 2.75) is 19.1 Å². The summed E-state index contributed by atoms with van der Waals surface area (Å²) in [5, 5.41) is 13.7. The molecule has 2 amide bonds. The lowest BCUT2D eigenvalue weighted by Crippen LogP contribution is -2.30. The summed E-state index contributed by atoms with van der Waals surface area (Å²) in [6.45, 7) is 2.25. The van der Waals surface area contributed by atoms with Crippen LogP contribution < -0.4 is 10.1 Å². The van der Waals surface area contributed by atoms with Crippen molar-refractivity contribution >= 4 is 33.9 Å². The Balaban J connectivity index is 1.77. The molecular weight excluding hydrogens is 456 g/mol. The molecule has 1 aromatic heterocycles. The van der Waals surface area contributed by atoms with Crippen LogP contribution in [0.4, 0.5) is 0 Å². The minimum atomic E-state index is -0.694. The number of hydrogen-bond donors (Lipinski definition) is 2. The van der Waals surface area contributed by atoms with E-state index < -0.39 is 17.9 Å². The van der Waals surface area contributed by atoms with E-state index in [0.717, 1.165) is 36.0 Å². The average molecular weight is 491 g/mol. The van der Waals surface area contributed by atoms with Gasteiger partial charge in [0.15, 0.2) is 0 Å². The number of aryl methyl sites for hydroxylation is 1. The molecule has 2 N–H and O–H groups in total. The highest BCUT2D eigenvalue weighted by Crippen LogP contribution is 2.39. The van der Waals surface area contributed by atoms with Crippen molar-refractivity contribution in [1.82, 2.24) is 19.7 Å². The normalized spacial score (nSPS) is 14.9. The summed E-state index contributed by atoms with van der Waals surface area (Å²) in [4.78, 5) is 30.2. The molecule has 2 aromatic carbocycles. The van der Waals surface area contributed by atoms with E-state index in [1.165, 1.54) is 0 Å². The van der Waals surface area contributed by atoms with Gasteiger partial charge in [-0.05, 0) is 53.3 Å². The van der Waals surface area contributed by atoms with Crippen molar-refractivity contribution in [1.29, 1.82) is 0 Å². The van der Waals surface area contributed by atoms with Crippen LogP contribution in [0.2, 0.25) is 0 Å². The molecule has 0 saturated heterocycles. The predicted octanol–water partition coefficient (Wildman–Crippen LogP) is 2.46. The molecule has 8 heteroatoms. The van der Waals surface area contributed by atoms with Gasteiger partial charge in [0.2, 0.25) is 0 Å². The van der Waals surface area contributed by atoms with Crippen LogP contribution in [-0.2, 0) is 16.1 Å². The number of benzene rings is 2. The molecule has 0 bridgehead atoms. The number of rotatable bonds is 11. The highest BCUT2D eigenvalue weighted by atomic mass is 16.5. The molecular formula is C28H34N4O4. The van der Waals surface area contributed by atoms with E-state index in [0.29, 0.717) is 23.4 Å². The summed E-state index contributed by atoms with van der Waals surface area (Å²) >= 11 is 0. The number of likely N-dealkylation sites (N-methyl/N-ethyl adjacent to an activating group) is 1. The number of nitrogens with one attached hydrogen (secondary N) is 1. The smallest absolute Gasteiger partial charge is 0.259 e. The number of hydrogen-bond acceptors (Lipinski definition) is 6. The van der Waals surface area contributed by atoms with Crippen LogP contribution in [0, 0.1) is 0 Å². The minimum Gasteiger partial charge on any atom is -0.490 e. The van der Waals surface area contributed by atoms with Crippen molar-refractivity contribution in [3.63, 3.8) is 0 Å². The Morgan fingerprint density at radius 3 is 2.31 bits per heavy atom. The lowest BCUT2D eigenvalue weighted by Gasteiger charge is -2.18. The Kier molecular flexibility index (Phi) is 7.88. The van der Waals surface area contributed by atoms with Gasteiger partial charge in [-0.3, -0.25) is 14.9 Å². The number of imide groups is 1. The zero-order valence-corrected chi connectivity index (χ0v) is 21.3. The molecule has 1 aliphatic rings. The first-order chi connectivity index (χ1) is 17.3. The largest absolute Gasteiger partial charge is 0.490 e. The van der Waals surface area contributed by atoms with Crippen LogP contribution in [0.5, 0.6) is 5.75 Å². The molecule has 190 valence electrons. The van der Waals surface area contributed by atoms with Crippen LogP contribution in [0.25, 0.3) is 22.0 Å². The standard InChI is InChI=1S/C28H34N4O4/c1-30(2)14-9-15-32-17-22(20-10-5-7-12-23(20)32)26-25(27(34)29-28(26)35)21-11-6-8-13-24(21)36-18-19(33)16-31(3)4/h5-8,10-13,17,19,33H,9,14-16,18H2,1-4H3,(H,29,34,35). The van der Waals surface area contributed by atoms with Crippen LogP contribution in [0.15, 0.2) is 54.7 Å². The Morgan fingerprint density at radius 2 is 1.58 bits per heavy atom. The Labute approximate surface area is 211 Å². The molecule has 4 rings (SSSR count). The third-order valence-corrected chi connectivity index (χ3v) is 6.16. The molecule has 3 aromatic rings. The van der Waals surface area contributed by atoms with Crippen LogP contribution in [0.1, 0.15) is 17.5 Å². The second kappa shape index (κ2) is 11.1. The molecule has 2 heterocycles. The van der Waals surface area contributed by atoms with E-state index in [1.54, 1.807) is 12.1 Å². The van der Waals surface area contributed by atoms with E-state index in [4.69, 9.17) is 4.74 Å². The molecule has 1 atom stereocenters. The first-order valence-electron chi connectivity index (χ1n) is 12.1. The number of nitrogens with zero attached hydrogens (tertiary/aromatic N) is 3. The average Bonchev–Trinajstić information content (AvgIpc) is 3.33. The second-order valence-electron chi connectivity index (χ2n) is 9.67. The van der Waals surface area contributed by atoms with Gasteiger partial charge in [-0.15, -0.1) is 0 Å². The summed E-state index contributed by atoms with van der Waals surface area (Å²) in [7, 11) is 7.84. The third kappa shape index (κ3) is 5.51. The van der Waals surface area contributed by atoms with E-state index in [9.17, 15) is 14.7 Å². The van der Waals surface area contributed by atoms with Gasteiger partial charge in [0.05, 0.1) is 11.1 Å². The molecule has 0 fully saturated rings. The van der Waals surface area contributed by atoms with Gasteiger partial charge in [0.1, 0.15) is 18.5 Å². The van der Waals surface area contributed by atoms with Gasteiger partial charge in [-0.2, -0.15) is 0 Å². The molecule has 1 unspecified atom stereocenters. The fourth-order valence-corrected chi connectivity index (χ4v) is 4.62. The Bertz CT molecular complexity index is 1290. The molecule has 36 heavy (non-hydrogen) atoms. The lowest BCUT2D eigenvalue weighted by atomic mass is 9.95. The van der Waals surface area contributed by atoms with Crippen molar-refractivity contribution in [3.05, 3.63) is 65.9 Å².